The number of nitrogens with zero attached hydrogens (tertiary/aromatic N) is 1. The Morgan fingerprint density at radius 2 is 2.28 bits per heavy atom. The Kier molecular flexibility index (Phi) is 4.24. The molecule has 0 saturated heterocycles. The zero-order chi connectivity index (χ0) is 13.1. The fourth-order valence-corrected chi connectivity index (χ4v) is 2.86. The summed E-state index contributed by atoms with van der Waals surface area (Å²) in [6.07, 6.45) is 1.11. The molecule has 1 aliphatic rings. The summed E-state index contributed by atoms with van der Waals surface area (Å²) in [6.45, 7) is 2.24. The largest absolute Gasteiger partial charge is 0.496 e. The standard InChI is InChI=1S/C13H16BrNO3/c1-18-12-3-2-11(14)9-4-6-15(8-10(9)12)7-5-13(16)17/h2-3H,4-8H2,1H3,(H,16,17). The van der Waals surface area contributed by atoms with Crippen molar-refractivity contribution in [1.29, 1.82) is 0 Å². The Labute approximate surface area is 115 Å². The minimum absolute atomic E-state index is 0.186. The number of halogens is 1. The van der Waals surface area contributed by atoms with Crippen LogP contribution in [-0.2, 0) is 17.8 Å². The summed E-state index contributed by atoms with van der Waals surface area (Å²) < 4.78 is 6.49. The summed E-state index contributed by atoms with van der Waals surface area (Å²) in [5, 5.41) is 8.73. The highest BCUT2D eigenvalue weighted by molar-refractivity contribution is 9.10. The maximum atomic E-state index is 10.6. The third-order valence-corrected chi connectivity index (χ3v) is 4.00. The fourth-order valence-electron chi connectivity index (χ4n) is 2.29. The van der Waals surface area contributed by atoms with Crippen LogP contribution in [0.3, 0.4) is 0 Å². The summed E-state index contributed by atoms with van der Waals surface area (Å²) >= 11 is 3.56. The molecule has 0 amide bonds. The summed E-state index contributed by atoms with van der Waals surface area (Å²) in [5.41, 5.74) is 2.45. The zero-order valence-corrected chi connectivity index (χ0v) is 11.9. The minimum atomic E-state index is -0.748. The SMILES string of the molecule is COc1ccc(Br)c2c1CN(CCC(=O)O)CC2. The van der Waals surface area contributed by atoms with Crippen molar-refractivity contribution >= 4 is 21.9 Å². The molecule has 98 valence electrons. The third kappa shape index (κ3) is 2.84. The second-order valence-electron chi connectivity index (χ2n) is 4.38. The van der Waals surface area contributed by atoms with Crippen LogP contribution in [0.25, 0.3) is 0 Å². The van der Waals surface area contributed by atoms with E-state index in [9.17, 15) is 4.79 Å². The minimum Gasteiger partial charge on any atom is -0.496 e. The molecule has 0 aliphatic carbocycles. The predicted octanol–water partition coefficient (Wildman–Crippen LogP) is 2.29. The van der Waals surface area contributed by atoms with Crippen molar-refractivity contribution in [3.8, 4) is 5.75 Å². The zero-order valence-electron chi connectivity index (χ0n) is 10.3. The predicted molar refractivity (Wildman–Crippen MR) is 71.9 cm³/mol. The number of carboxylic acid groups (broad SMARTS) is 1. The van der Waals surface area contributed by atoms with Crippen LogP contribution < -0.4 is 4.74 Å². The lowest BCUT2D eigenvalue weighted by atomic mass is 9.98. The summed E-state index contributed by atoms with van der Waals surface area (Å²) in [5.74, 6) is 0.134. The van der Waals surface area contributed by atoms with E-state index in [4.69, 9.17) is 9.84 Å². The monoisotopic (exact) mass is 313 g/mol. The second kappa shape index (κ2) is 5.71. The van der Waals surface area contributed by atoms with Crippen LogP contribution in [0.5, 0.6) is 5.75 Å². The number of rotatable bonds is 4. The van der Waals surface area contributed by atoms with Gasteiger partial charge in [-0.15, -0.1) is 0 Å². The van der Waals surface area contributed by atoms with E-state index in [-0.39, 0.29) is 6.42 Å². The molecule has 0 aromatic heterocycles. The van der Waals surface area contributed by atoms with Crippen molar-refractivity contribution in [2.45, 2.75) is 19.4 Å². The highest BCUT2D eigenvalue weighted by atomic mass is 79.9. The molecular weight excluding hydrogens is 298 g/mol. The lowest BCUT2D eigenvalue weighted by Crippen LogP contribution is -2.32. The molecule has 0 fully saturated rings. The molecule has 0 saturated carbocycles. The molecule has 0 unspecified atom stereocenters. The molecule has 0 radical (unpaired) electrons. The van der Waals surface area contributed by atoms with Crippen molar-refractivity contribution in [2.75, 3.05) is 20.2 Å². The smallest absolute Gasteiger partial charge is 0.304 e. The first-order valence-electron chi connectivity index (χ1n) is 5.90. The van der Waals surface area contributed by atoms with E-state index < -0.39 is 5.97 Å². The lowest BCUT2D eigenvalue weighted by Gasteiger charge is -2.30. The topological polar surface area (TPSA) is 49.8 Å². The van der Waals surface area contributed by atoms with Gasteiger partial charge in [-0.1, -0.05) is 15.9 Å². The Bertz CT molecular complexity index is 462. The van der Waals surface area contributed by atoms with Gasteiger partial charge in [-0.25, -0.2) is 0 Å². The number of methoxy groups -OCH3 is 1. The first-order valence-corrected chi connectivity index (χ1v) is 6.69. The Morgan fingerprint density at radius 1 is 1.50 bits per heavy atom. The second-order valence-corrected chi connectivity index (χ2v) is 5.23. The number of hydrogen-bond donors (Lipinski definition) is 1. The van der Waals surface area contributed by atoms with Gasteiger partial charge in [0.1, 0.15) is 5.75 Å². The van der Waals surface area contributed by atoms with Crippen LogP contribution in [-0.4, -0.2) is 36.2 Å². The van der Waals surface area contributed by atoms with E-state index in [0.717, 1.165) is 29.7 Å². The molecule has 1 aromatic carbocycles. The van der Waals surface area contributed by atoms with E-state index in [1.807, 2.05) is 12.1 Å². The number of ether oxygens (including phenoxy) is 1. The molecule has 1 aliphatic heterocycles. The molecule has 0 bridgehead atoms. The molecule has 1 aromatic rings. The van der Waals surface area contributed by atoms with Gasteiger partial charge in [0.2, 0.25) is 0 Å². The molecule has 4 nitrogen and oxygen atoms in total. The normalized spacial score (nSPS) is 15.2. The first kappa shape index (κ1) is 13.4. The molecule has 1 N–H and O–H groups in total. The van der Waals surface area contributed by atoms with E-state index in [0.29, 0.717) is 6.54 Å². The van der Waals surface area contributed by atoms with E-state index >= 15 is 0 Å². The van der Waals surface area contributed by atoms with Crippen LogP contribution in [0, 0.1) is 0 Å². The molecule has 5 heteroatoms. The van der Waals surface area contributed by atoms with Crippen LogP contribution in [0.4, 0.5) is 0 Å². The Morgan fingerprint density at radius 3 is 2.94 bits per heavy atom. The van der Waals surface area contributed by atoms with Crippen LogP contribution in [0.1, 0.15) is 17.5 Å². The molecule has 1 heterocycles. The Hall–Kier alpha value is -1.07. The number of carbonyl (C=O) groups is 1. The van der Waals surface area contributed by atoms with Gasteiger partial charge < -0.3 is 9.84 Å². The van der Waals surface area contributed by atoms with Gasteiger partial charge in [-0.05, 0) is 24.1 Å². The molecular formula is C13H16BrNO3. The maximum absolute atomic E-state index is 10.6. The molecule has 2 rings (SSSR count). The number of hydrogen-bond acceptors (Lipinski definition) is 3. The average Bonchev–Trinajstić information content (AvgIpc) is 2.37. The van der Waals surface area contributed by atoms with Crippen molar-refractivity contribution in [3.05, 3.63) is 27.7 Å². The van der Waals surface area contributed by atoms with Crippen molar-refractivity contribution < 1.29 is 14.6 Å². The molecule has 0 atom stereocenters. The van der Waals surface area contributed by atoms with Gasteiger partial charge in [-0.3, -0.25) is 9.69 Å². The number of benzene rings is 1. The van der Waals surface area contributed by atoms with Crippen molar-refractivity contribution in [1.82, 2.24) is 4.90 Å². The van der Waals surface area contributed by atoms with E-state index in [2.05, 4.69) is 20.8 Å². The first-order chi connectivity index (χ1) is 8.61. The summed E-state index contributed by atoms with van der Waals surface area (Å²) in [7, 11) is 1.67. The third-order valence-electron chi connectivity index (χ3n) is 3.25. The molecule has 0 spiro atoms. The van der Waals surface area contributed by atoms with Crippen LogP contribution in [0.15, 0.2) is 16.6 Å². The van der Waals surface area contributed by atoms with Crippen LogP contribution >= 0.6 is 15.9 Å². The van der Waals surface area contributed by atoms with Crippen molar-refractivity contribution in [2.24, 2.45) is 0 Å². The van der Waals surface area contributed by atoms with Gasteiger partial charge >= 0.3 is 5.97 Å². The average molecular weight is 314 g/mol. The van der Waals surface area contributed by atoms with Gasteiger partial charge in [-0.2, -0.15) is 0 Å². The van der Waals surface area contributed by atoms with Crippen LogP contribution in [0.2, 0.25) is 0 Å². The molecule has 18 heavy (non-hydrogen) atoms. The summed E-state index contributed by atoms with van der Waals surface area (Å²) in [6, 6.07) is 3.95. The van der Waals surface area contributed by atoms with Gasteiger partial charge in [0.25, 0.3) is 0 Å². The van der Waals surface area contributed by atoms with E-state index in [1.54, 1.807) is 7.11 Å². The summed E-state index contributed by atoms with van der Waals surface area (Å²) in [4.78, 5) is 12.8. The lowest BCUT2D eigenvalue weighted by molar-refractivity contribution is -0.137. The number of fused-ring (bicyclic) bond motifs is 1. The highest BCUT2D eigenvalue weighted by Gasteiger charge is 2.21. The number of carboxylic acids is 1. The van der Waals surface area contributed by atoms with Gasteiger partial charge in [0, 0.05) is 29.7 Å². The fraction of sp³-hybridized carbons (Fsp3) is 0.462. The van der Waals surface area contributed by atoms with Crippen molar-refractivity contribution in [3.63, 3.8) is 0 Å². The van der Waals surface area contributed by atoms with Gasteiger partial charge in [0.15, 0.2) is 0 Å². The highest BCUT2D eigenvalue weighted by Crippen LogP contribution is 2.33. The quantitative estimate of drug-likeness (QED) is 0.926. The maximum Gasteiger partial charge on any atom is 0.304 e. The van der Waals surface area contributed by atoms with Gasteiger partial charge in [0.05, 0.1) is 13.5 Å². The number of aliphatic carboxylic acids is 1. The van der Waals surface area contributed by atoms with E-state index in [1.165, 1.54) is 11.1 Å². The Balaban J connectivity index is 2.17.